The van der Waals surface area contributed by atoms with E-state index >= 15 is 0 Å². The SMILES string of the molecule is CCCCOC(=O)c1cc(NC(=O)CN2C(=O)S/C(=C/c3ccc(C(=O)OC)cc3)C2=O)ccc1Cl. The van der Waals surface area contributed by atoms with Crippen molar-refractivity contribution in [1.82, 2.24) is 4.90 Å². The molecule has 1 saturated heterocycles. The summed E-state index contributed by atoms with van der Waals surface area (Å²) in [6.07, 6.45) is 3.08. The lowest BCUT2D eigenvalue weighted by molar-refractivity contribution is -0.127. The number of hydrogen-bond donors (Lipinski definition) is 1. The summed E-state index contributed by atoms with van der Waals surface area (Å²) in [7, 11) is 1.27. The van der Waals surface area contributed by atoms with Gasteiger partial charge in [-0.25, -0.2) is 9.59 Å². The minimum Gasteiger partial charge on any atom is -0.465 e. The monoisotopic (exact) mass is 530 g/mol. The first kappa shape index (κ1) is 27.0. The molecule has 0 unspecified atom stereocenters. The number of thioether (sulfide) groups is 1. The van der Waals surface area contributed by atoms with Crippen molar-refractivity contribution >= 4 is 64.1 Å². The number of imide groups is 1. The average molecular weight is 531 g/mol. The number of ether oxygens (including phenoxy) is 2. The van der Waals surface area contributed by atoms with Crippen molar-refractivity contribution in [2.75, 3.05) is 25.6 Å². The maximum atomic E-state index is 12.7. The summed E-state index contributed by atoms with van der Waals surface area (Å²) >= 11 is 6.79. The first-order chi connectivity index (χ1) is 17.2. The van der Waals surface area contributed by atoms with Crippen LogP contribution < -0.4 is 5.32 Å². The molecular weight excluding hydrogens is 508 g/mol. The Morgan fingerprint density at radius 1 is 1.08 bits per heavy atom. The van der Waals surface area contributed by atoms with Gasteiger partial charge in [-0.3, -0.25) is 19.3 Å². The quantitative estimate of drug-likeness (QED) is 0.280. The van der Waals surface area contributed by atoms with E-state index in [1.165, 1.54) is 43.5 Å². The van der Waals surface area contributed by atoms with E-state index in [9.17, 15) is 24.0 Å². The maximum absolute atomic E-state index is 12.7. The van der Waals surface area contributed by atoms with Gasteiger partial charge in [0.1, 0.15) is 6.54 Å². The number of unbranched alkanes of at least 4 members (excludes halogenated alkanes) is 1. The average Bonchev–Trinajstić information content (AvgIpc) is 3.12. The molecule has 11 heteroatoms. The summed E-state index contributed by atoms with van der Waals surface area (Å²) in [5.41, 5.74) is 1.30. The fourth-order valence-electron chi connectivity index (χ4n) is 3.11. The molecule has 1 fully saturated rings. The number of rotatable bonds is 9. The van der Waals surface area contributed by atoms with Crippen LogP contribution in [-0.2, 0) is 19.1 Å². The standard InChI is InChI=1S/C25H23ClN2O7S/c1-3-4-11-35-24(32)18-13-17(9-10-19(18)26)27-21(29)14-28-22(30)20(36-25(28)33)12-15-5-7-16(8-6-15)23(31)34-2/h5-10,12-13H,3-4,11,14H2,1-2H3,(H,27,29)/b20-12+. The van der Waals surface area contributed by atoms with Gasteiger partial charge >= 0.3 is 11.9 Å². The Hall–Kier alpha value is -3.63. The fourth-order valence-corrected chi connectivity index (χ4v) is 4.14. The van der Waals surface area contributed by atoms with E-state index in [1.54, 1.807) is 12.1 Å². The number of methoxy groups -OCH3 is 1. The van der Waals surface area contributed by atoms with Crippen LogP contribution in [0.1, 0.15) is 46.0 Å². The lowest BCUT2D eigenvalue weighted by atomic mass is 10.1. The summed E-state index contributed by atoms with van der Waals surface area (Å²) in [5.74, 6) is -2.35. The van der Waals surface area contributed by atoms with Crippen LogP contribution in [0, 0.1) is 0 Å². The second-order valence-electron chi connectivity index (χ2n) is 7.61. The summed E-state index contributed by atoms with van der Waals surface area (Å²) in [5, 5.41) is 2.14. The van der Waals surface area contributed by atoms with Gasteiger partial charge in [0.05, 0.1) is 34.8 Å². The van der Waals surface area contributed by atoms with Crippen LogP contribution in [0.4, 0.5) is 10.5 Å². The number of nitrogens with zero attached hydrogens (tertiary/aromatic N) is 1. The molecule has 0 aliphatic carbocycles. The molecule has 2 aromatic rings. The highest BCUT2D eigenvalue weighted by Crippen LogP contribution is 2.32. The summed E-state index contributed by atoms with van der Waals surface area (Å²) in [6, 6.07) is 10.6. The Labute approximate surface area is 216 Å². The third-order valence-electron chi connectivity index (χ3n) is 5.01. The van der Waals surface area contributed by atoms with Crippen molar-refractivity contribution in [2.24, 2.45) is 0 Å². The van der Waals surface area contributed by atoms with Crippen LogP contribution in [-0.4, -0.2) is 54.2 Å². The zero-order valence-electron chi connectivity index (χ0n) is 19.5. The number of carbonyl (C=O) groups is 5. The second kappa shape index (κ2) is 12.4. The molecule has 0 atom stereocenters. The number of halogens is 1. The number of amides is 3. The van der Waals surface area contributed by atoms with Gasteiger partial charge in [-0.2, -0.15) is 0 Å². The zero-order chi connectivity index (χ0) is 26.2. The van der Waals surface area contributed by atoms with Gasteiger partial charge in [0.15, 0.2) is 0 Å². The highest BCUT2D eigenvalue weighted by Gasteiger charge is 2.36. The molecule has 9 nitrogen and oxygen atoms in total. The topological polar surface area (TPSA) is 119 Å². The van der Waals surface area contributed by atoms with Crippen molar-refractivity contribution in [3.8, 4) is 0 Å². The molecule has 3 rings (SSSR count). The van der Waals surface area contributed by atoms with Crippen molar-refractivity contribution in [3.05, 3.63) is 69.1 Å². The van der Waals surface area contributed by atoms with Crippen LogP contribution >= 0.6 is 23.4 Å². The molecule has 1 aliphatic heterocycles. The zero-order valence-corrected chi connectivity index (χ0v) is 21.1. The summed E-state index contributed by atoms with van der Waals surface area (Å²) in [4.78, 5) is 62.4. The molecule has 188 valence electrons. The predicted octanol–water partition coefficient (Wildman–Crippen LogP) is 4.76. The number of anilines is 1. The fraction of sp³-hybridized carbons (Fsp3) is 0.240. The minimum atomic E-state index is -0.631. The molecule has 0 aromatic heterocycles. The van der Waals surface area contributed by atoms with Gasteiger partial charge in [0.2, 0.25) is 5.91 Å². The molecule has 2 aromatic carbocycles. The third kappa shape index (κ3) is 6.73. The van der Waals surface area contributed by atoms with Gasteiger partial charge in [-0.15, -0.1) is 0 Å². The molecule has 0 spiro atoms. The molecule has 3 amide bonds. The van der Waals surface area contributed by atoms with Gasteiger partial charge < -0.3 is 14.8 Å². The Balaban J connectivity index is 1.65. The maximum Gasteiger partial charge on any atom is 0.339 e. The van der Waals surface area contributed by atoms with Crippen LogP contribution in [0.15, 0.2) is 47.4 Å². The van der Waals surface area contributed by atoms with Gasteiger partial charge in [-0.1, -0.05) is 37.1 Å². The van der Waals surface area contributed by atoms with Crippen molar-refractivity contribution in [1.29, 1.82) is 0 Å². The Morgan fingerprint density at radius 3 is 2.47 bits per heavy atom. The van der Waals surface area contributed by atoms with E-state index in [1.807, 2.05) is 6.92 Å². The van der Waals surface area contributed by atoms with E-state index in [4.69, 9.17) is 16.3 Å². The smallest absolute Gasteiger partial charge is 0.339 e. The number of nitrogens with one attached hydrogen (secondary N) is 1. The van der Waals surface area contributed by atoms with E-state index in [-0.39, 0.29) is 27.8 Å². The Morgan fingerprint density at radius 2 is 1.81 bits per heavy atom. The van der Waals surface area contributed by atoms with Crippen molar-refractivity contribution in [3.63, 3.8) is 0 Å². The van der Waals surface area contributed by atoms with E-state index in [0.29, 0.717) is 29.3 Å². The van der Waals surface area contributed by atoms with Gasteiger partial charge in [0, 0.05) is 5.69 Å². The largest absolute Gasteiger partial charge is 0.465 e. The molecule has 1 N–H and O–H groups in total. The second-order valence-corrected chi connectivity index (χ2v) is 9.01. The highest BCUT2D eigenvalue weighted by atomic mass is 35.5. The van der Waals surface area contributed by atoms with Crippen molar-refractivity contribution < 1.29 is 33.4 Å². The molecule has 36 heavy (non-hydrogen) atoms. The molecule has 0 saturated carbocycles. The molecule has 0 radical (unpaired) electrons. The van der Waals surface area contributed by atoms with Crippen LogP contribution in [0.5, 0.6) is 0 Å². The lowest BCUT2D eigenvalue weighted by Gasteiger charge is -2.13. The predicted molar refractivity (Wildman–Crippen MR) is 136 cm³/mol. The number of carbonyl (C=O) groups excluding carboxylic acids is 5. The number of benzene rings is 2. The van der Waals surface area contributed by atoms with E-state index < -0.39 is 35.5 Å². The van der Waals surface area contributed by atoms with E-state index in [2.05, 4.69) is 10.1 Å². The van der Waals surface area contributed by atoms with Crippen LogP contribution in [0.2, 0.25) is 5.02 Å². The molecule has 0 bridgehead atoms. The lowest BCUT2D eigenvalue weighted by Crippen LogP contribution is -2.36. The first-order valence-electron chi connectivity index (χ1n) is 10.9. The first-order valence-corrected chi connectivity index (χ1v) is 12.1. The minimum absolute atomic E-state index is 0.0953. The van der Waals surface area contributed by atoms with Crippen LogP contribution in [0.3, 0.4) is 0 Å². The van der Waals surface area contributed by atoms with Gasteiger partial charge in [0.25, 0.3) is 11.1 Å². The molecule has 1 heterocycles. The third-order valence-corrected chi connectivity index (χ3v) is 6.24. The summed E-state index contributed by atoms with van der Waals surface area (Å²) in [6.45, 7) is 1.71. The van der Waals surface area contributed by atoms with Crippen LogP contribution in [0.25, 0.3) is 6.08 Å². The number of esters is 2. The van der Waals surface area contributed by atoms with E-state index in [0.717, 1.165) is 11.3 Å². The normalized spacial score (nSPS) is 14.2. The van der Waals surface area contributed by atoms with Crippen molar-refractivity contribution in [2.45, 2.75) is 19.8 Å². The Bertz CT molecular complexity index is 1230. The van der Waals surface area contributed by atoms with Gasteiger partial charge in [-0.05, 0) is 60.2 Å². The molecule has 1 aliphatic rings. The number of hydrogen-bond acceptors (Lipinski definition) is 8. The highest BCUT2D eigenvalue weighted by molar-refractivity contribution is 8.18. The molecular formula is C25H23ClN2O7S. The Kier molecular flexibility index (Phi) is 9.26. The summed E-state index contributed by atoms with van der Waals surface area (Å²) < 4.78 is 9.81.